The lowest BCUT2D eigenvalue weighted by atomic mass is 10.0. The summed E-state index contributed by atoms with van der Waals surface area (Å²) in [5.74, 6) is 0. The van der Waals surface area contributed by atoms with Crippen molar-refractivity contribution in [1.82, 2.24) is 5.32 Å². The SMILES string of the molecule is CCC(CCC1Cc2ccccc2S1)NC. The molecule has 2 rings (SSSR count). The van der Waals surface area contributed by atoms with E-state index in [1.54, 1.807) is 5.56 Å². The molecular formula is C14H21NS. The van der Waals surface area contributed by atoms with Crippen molar-refractivity contribution in [2.45, 2.75) is 48.8 Å². The van der Waals surface area contributed by atoms with E-state index in [0.29, 0.717) is 6.04 Å². The van der Waals surface area contributed by atoms with Gasteiger partial charge in [-0.1, -0.05) is 25.1 Å². The van der Waals surface area contributed by atoms with E-state index in [1.165, 1.54) is 30.6 Å². The first-order valence-electron chi connectivity index (χ1n) is 6.25. The van der Waals surface area contributed by atoms with E-state index in [1.807, 2.05) is 0 Å². The van der Waals surface area contributed by atoms with Crippen molar-refractivity contribution in [3.8, 4) is 0 Å². The Kier molecular flexibility index (Phi) is 4.30. The molecule has 2 heteroatoms. The van der Waals surface area contributed by atoms with Crippen LogP contribution in [0.1, 0.15) is 31.7 Å². The molecule has 0 aromatic heterocycles. The van der Waals surface area contributed by atoms with Gasteiger partial charge in [-0.2, -0.15) is 0 Å². The summed E-state index contributed by atoms with van der Waals surface area (Å²) in [5.41, 5.74) is 1.55. The summed E-state index contributed by atoms with van der Waals surface area (Å²) >= 11 is 2.07. The van der Waals surface area contributed by atoms with Gasteiger partial charge in [0.1, 0.15) is 0 Å². The van der Waals surface area contributed by atoms with E-state index in [-0.39, 0.29) is 0 Å². The second-order valence-electron chi connectivity index (χ2n) is 4.52. The molecule has 0 aliphatic carbocycles. The lowest BCUT2D eigenvalue weighted by molar-refractivity contribution is 0.487. The number of benzene rings is 1. The molecule has 1 heterocycles. The lowest BCUT2D eigenvalue weighted by Crippen LogP contribution is -2.25. The molecule has 1 N–H and O–H groups in total. The van der Waals surface area contributed by atoms with Crippen molar-refractivity contribution in [3.63, 3.8) is 0 Å². The van der Waals surface area contributed by atoms with Crippen LogP contribution < -0.4 is 5.32 Å². The third-order valence-corrected chi connectivity index (χ3v) is 4.84. The van der Waals surface area contributed by atoms with Gasteiger partial charge in [-0.3, -0.25) is 0 Å². The van der Waals surface area contributed by atoms with Gasteiger partial charge in [0.2, 0.25) is 0 Å². The number of hydrogen-bond donors (Lipinski definition) is 1. The Labute approximate surface area is 103 Å². The third-order valence-electron chi connectivity index (χ3n) is 3.45. The first-order chi connectivity index (χ1) is 7.83. The molecule has 1 nitrogen and oxygen atoms in total. The number of rotatable bonds is 5. The van der Waals surface area contributed by atoms with Gasteiger partial charge in [-0.05, 0) is 44.4 Å². The highest BCUT2D eigenvalue weighted by Crippen LogP contribution is 2.38. The lowest BCUT2D eigenvalue weighted by Gasteiger charge is -2.15. The Morgan fingerprint density at radius 3 is 2.94 bits per heavy atom. The summed E-state index contributed by atoms with van der Waals surface area (Å²) in [4.78, 5) is 1.50. The quantitative estimate of drug-likeness (QED) is 0.838. The molecule has 16 heavy (non-hydrogen) atoms. The van der Waals surface area contributed by atoms with E-state index < -0.39 is 0 Å². The Balaban J connectivity index is 1.83. The van der Waals surface area contributed by atoms with Gasteiger partial charge in [0.05, 0.1) is 0 Å². The standard InChI is InChI=1S/C14H21NS/c1-3-12(15-2)8-9-13-10-11-6-4-5-7-14(11)16-13/h4-7,12-13,15H,3,8-10H2,1-2H3. The van der Waals surface area contributed by atoms with Gasteiger partial charge in [0.15, 0.2) is 0 Å². The van der Waals surface area contributed by atoms with Crippen molar-refractivity contribution in [1.29, 1.82) is 0 Å². The van der Waals surface area contributed by atoms with Crippen LogP contribution in [0.25, 0.3) is 0 Å². The van der Waals surface area contributed by atoms with E-state index >= 15 is 0 Å². The molecule has 1 aromatic carbocycles. The molecule has 1 aliphatic rings. The number of hydrogen-bond acceptors (Lipinski definition) is 2. The van der Waals surface area contributed by atoms with Gasteiger partial charge in [0, 0.05) is 16.2 Å². The zero-order chi connectivity index (χ0) is 11.4. The molecule has 0 amide bonds. The maximum Gasteiger partial charge on any atom is 0.0136 e. The molecule has 0 bridgehead atoms. The fraction of sp³-hybridized carbons (Fsp3) is 0.571. The molecule has 88 valence electrons. The molecule has 0 spiro atoms. The molecule has 2 unspecified atom stereocenters. The molecule has 0 radical (unpaired) electrons. The average molecular weight is 235 g/mol. The average Bonchev–Trinajstić information content (AvgIpc) is 2.73. The highest BCUT2D eigenvalue weighted by Gasteiger charge is 2.21. The van der Waals surface area contributed by atoms with Gasteiger partial charge in [-0.15, -0.1) is 11.8 Å². The Hall–Kier alpha value is -0.470. The van der Waals surface area contributed by atoms with E-state index in [0.717, 1.165) is 5.25 Å². The molecule has 1 aliphatic heterocycles. The van der Waals surface area contributed by atoms with Crippen LogP contribution in [0.2, 0.25) is 0 Å². The second-order valence-corrected chi connectivity index (χ2v) is 5.87. The van der Waals surface area contributed by atoms with Crippen LogP contribution in [0.3, 0.4) is 0 Å². The first kappa shape index (κ1) is 12.0. The summed E-state index contributed by atoms with van der Waals surface area (Å²) in [6.07, 6.45) is 5.14. The maximum absolute atomic E-state index is 3.39. The number of nitrogens with one attached hydrogen (secondary N) is 1. The molecule has 0 saturated carbocycles. The highest BCUT2D eigenvalue weighted by atomic mass is 32.2. The minimum Gasteiger partial charge on any atom is -0.317 e. The van der Waals surface area contributed by atoms with E-state index in [4.69, 9.17) is 0 Å². The fourth-order valence-corrected chi connectivity index (χ4v) is 3.69. The van der Waals surface area contributed by atoms with Crippen molar-refractivity contribution in [2.24, 2.45) is 0 Å². The van der Waals surface area contributed by atoms with Gasteiger partial charge in [-0.25, -0.2) is 0 Å². The van der Waals surface area contributed by atoms with Crippen molar-refractivity contribution >= 4 is 11.8 Å². The van der Waals surface area contributed by atoms with Crippen LogP contribution in [0, 0.1) is 0 Å². The smallest absolute Gasteiger partial charge is 0.0136 e. The normalized spacial score (nSPS) is 20.8. The minimum absolute atomic E-state index is 0.698. The summed E-state index contributed by atoms with van der Waals surface area (Å²) in [6, 6.07) is 9.54. The van der Waals surface area contributed by atoms with Crippen LogP contribution in [-0.2, 0) is 6.42 Å². The van der Waals surface area contributed by atoms with Crippen LogP contribution >= 0.6 is 11.8 Å². The Morgan fingerprint density at radius 2 is 2.25 bits per heavy atom. The summed E-state index contributed by atoms with van der Waals surface area (Å²) in [5, 5.41) is 4.19. The van der Waals surface area contributed by atoms with Gasteiger partial charge >= 0.3 is 0 Å². The third kappa shape index (κ3) is 2.80. The topological polar surface area (TPSA) is 12.0 Å². The molecule has 0 fully saturated rings. The van der Waals surface area contributed by atoms with E-state index in [2.05, 4.69) is 55.3 Å². The van der Waals surface area contributed by atoms with Crippen molar-refractivity contribution in [2.75, 3.05) is 7.05 Å². The minimum atomic E-state index is 0.698. The summed E-state index contributed by atoms with van der Waals surface area (Å²) < 4.78 is 0. The number of thioether (sulfide) groups is 1. The first-order valence-corrected chi connectivity index (χ1v) is 7.13. The molecule has 0 saturated heterocycles. The fourth-order valence-electron chi connectivity index (χ4n) is 2.35. The Morgan fingerprint density at radius 1 is 1.44 bits per heavy atom. The van der Waals surface area contributed by atoms with Gasteiger partial charge in [0.25, 0.3) is 0 Å². The second kappa shape index (κ2) is 5.74. The van der Waals surface area contributed by atoms with Crippen LogP contribution in [0.5, 0.6) is 0 Å². The van der Waals surface area contributed by atoms with Crippen molar-refractivity contribution in [3.05, 3.63) is 29.8 Å². The zero-order valence-corrected chi connectivity index (χ0v) is 11.0. The zero-order valence-electron chi connectivity index (χ0n) is 10.2. The number of fused-ring (bicyclic) bond motifs is 1. The monoisotopic (exact) mass is 235 g/mol. The molecular weight excluding hydrogens is 214 g/mol. The highest BCUT2D eigenvalue weighted by molar-refractivity contribution is 8.00. The van der Waals surface area contributed by atoms with Crippen LogP contribution in [0.4, 0.5) is 0 Å². The summed E-state index contributed by atoms with van der Waals surface area (Å²) in [7, 11) is 2.07. The van der Waals surface area contributed by atoms with Crippen LogP contribution in [0.15, 0.2) is 29.2 Å². The van der Waals surface area contributed by atoms with Gasteiger partial charge < -0.3 is 5.32 Å². The molecule has 2 atom stereocenters. The Bertz CT molecular complexity index is 308. The maximum atomic E-state index is 3.39. The van der Waals surface area contributed by atoms with Crippen molar-refractivity contribution < 1.29 is 0 Å². The predicted molar refractivity (Wildman–Crippen MR) is 72.2 cm³/mol. The van der Waals surface area contributed by atoms with Crippen LogP contribution in [-0.4, -0.2) is 18.3 Å². The summed E-state index contributed by atoms with van der Waals surface area (Å²) in [6.45, 7) is 2.26. The molecule has 1 aromatic rings. The predicted octanol–water partition coefficient (Wildman–Crippen LogP) is 3.48. The van der Waals surface area contributed by atoms with E-state index in [9.17, 15) is 0 Å². The largest absolute Gasteiger partial charge is 0.317 e.